The third-order valence-electron chi connectivity index (χ3n) is 4.48. The maximum atomic E-state index is 12.6. The van der Waals surface area contributed by atoms with E-state index in [9.17, 15) is 19.5 Å². The van der Waals surface area contributed by atoms with Crippen molar-refractivity contribution in [1.29, 1.82) is 0 Å². The Morgan fingerprint density at radius 3 is 2.70 bits per heavy atom. The number of carbonyl (C=O) groups excluding carboxylic acids is 1. The number of rotatable bonds is 6. The van der Waals surface area contributed by atoms with E-state index in [0.29, 0.717) is 27.1 Å². The topological polar surface area (TPSA) is 93.8 Å². The zero-order valence-corrected chi connectivity index (χ0v) is 17.2. The Kier molecular flexibility index (Phi) is 6.37. The zero-order valence-electron chi connectivity index (χ0n) is 16.4. The molecule has 154 valence electrons. The van der Waals surface area contributed by atoms with E-state index in [0.717, 1.165) is 5.56 Å². The van der Waals surface area contributed by atoms with Crippen molar-refractivity contribution in [2.45, 2.75) is 20.3 Å². The fourth-order valence-electron chi connectivity index (χ4n) is 3.16. The zero-order chi connectivity index (χ0) is 21.8. The third kappa shape index (κ3) is 4.60. The molecule has 0 fully saturated rings. The molecule has 0 bridgehead atoms. The van der Waals surface area contributed by atoms with Crippen LogP contribution in [0.25, 0.3) is 28.2 Å². The molecule has 0 saturated carbocycles. The monoisotopic (exact) mass is 426 g/mol. The Bertz CT molecular complexity index is 1220. The standard InChI is InChI=1S/C23H19ClO6/c1-3-29-21(27)8-7-14-5-4-6-15(10-14)22-16-9-13(2)18(24)12-19(16)30-23(28)17(22)11-20(25)26/h4-10,12H,3,11H2,1-2H3,(H,25,26)/b8-7+. The van der Waals surface area contributed by atoms with Gasteiger partial charge in [-0.15, -0.1) is 0 Å². The minimum Gasteiger partial charge on any atom is -0.481 e. The fourth-order valence-corrected chi connectivity index (χ4v) is 3.32. The second kappa shape index (κ2) is 8.97. The first kappa shape index (κ1) is 21.3. The first-order chi connectivity index (χ1) is 14.3. The molecule has 0 aliphatic carbocycles. The van der Waals surface area contributed by atoms with E-state index in [1.54, 1.807) is 49.4 Å². The Balaban J connectivity index is 2.24. The van der Waals surface area contributed by atoms with Crippen LogP contribution in [0.2, 0.25) is 5.02 Å². The number of hydrogen-bond acceptors (Lipinski definition) is 5. The number of hydrogen-bond donors (Lipinski definition) is 1. The quantitative estimate of drug-likeness (QED) is 0.351. The lowest BCUT2D eigenvalue weighted by molar-refractivity contribution is -0.137. The number of carboxylic acids is 1. The van der Waals surface area contributed by atoms with Crippen molar-refractivity contribution >= 4 is 40.6 Å². The summed E-state index contributed by atoms with van der Waals surface area (Å²) < 4.78 is 10.2. The Hall–Kier alpha value is -3.38. The molecule has 0 amide bonds. The number of benzene rings is 2. The number of esters is 1. The van der Waals surface area contributed by atoms with Crippen LogP contribution in [0.5, 0.6) is 0 Å². The van der Waals surface area contributed by atoms with Gasteiger partial charge in [-0.25, -0.2) is 9.59 Å². The number of carboxylic acid groups (broad SMARTS) is 1. The maximum Gasteiger partial charge on any atom is 0.340 e. The number of aliphatic carboxylic acids is 1. The lowest BCUT2D eigenvalue weighted by atomic mass is 9.93. The summed E-state index contributed by atoms with van der Waals surface area (Å²) >= 11 is 6.18. The molecule has 1 heterocycles. The second-order valence-electron chi connectivity index (χ2n) is 6.62. The highest BCUT2D eigenvalue weighted by molar-refractivity contribution is 6.32. The lowest BCUT2D eigenvalue weighted by Crippen LogP contribution is -2.14. The van der Waals surface area contributed by atoms with Crippen LogP contribution in [-0.4, -0.2) is 23.7 Å². The van der Waals surface area contributed by atoms with E-state index in [-0.39, 0.29) is 17.8 Å². The molecule has 0 unspecified atom stereocenters. The fraction of sp³-hybridized carbons (Fsp3) is 0.174. The van der Waals surface area contributed by atoms with Gasteiger partial charge in [0, 0.05) is 28.1 Å². The third-order valence-corrected chi connectivity index (χ3v) is 4.89. The molecule has 2 aromatic carbocycles. The smallest absolute Gasteiger partial charge is 0.340 e. The van der Waals surface area contributed by atoms with Crippen molar-refractivity contribution < 1.29 is 23.8 Å². The molecule has 30 heavy (non-hydrogen) atoms. The molecule has 0 aliphatic rings. The van der Waals surface area contributed by atoms with Gasteiger partial charge in [0.05, 0.1) is 18.6 Å². The van der Waals surface area contributed by atoms with Crippen molar-refractivity contribution in [3.63, 3.8) is 0 Å². The number of halogens is 1. The van der Waals surface area contributed by atoms with Gasteiger partial charge in [0.15, 0.2) is 0 Å². The molecule has 1 N–H and O–H groups in total. The first-order valence-corrected chi connectivity index (χ1v) is 9.60. The first-order valence-electron chi connectivity index (χ1n) is 9.23. The van der Waals surface area contributed by atoms with Crippen molar-refractivity contribution in [2.75, 3.05) is 6.61 Å². The summed E-state index contributed by atoms with van der Waals surface area (Å²) in [5.41, 5.74) is 2.13. The van der Waals surface area contributed by atoms with Crippen molar-refractivity contribution in [3.05, 3.63) is 74.6 Å². The van der Waals surface area contributed by atoms with Gasteiger partial charge in [-0.05, 0) is 48.7 Å². The highest BCUT2D eigenvalue weighted by atomic mass is 35.5. The van der Waals surface area contributed by atoms with Crippen LogP contribution in [0.15, 0.2) is 51.7 Å². The van der Waals surface area contributed by atoms with Gasteiger partial charge in [-0.2, -0.15) is 0 Å². The van der Waals surface area contributed by atoms with Gasteiger partial charge in [-0.3, -0.25) is 4.79 Å². The van der Waals surface area contributed by atoms with Crippen molar-refractivity contribution in [2.24, 2.45) is 0 Å². The number of fused-ring (bicyclic) bond motifs is 1. The van der Waals surface area contributed by atoms with Crippen LogP contribution in [0, 0.1) is 6.92 Å². The van der Waals surface area contributed by atoms with Crippen LogP contribution >= 0.6 is 11.6 Å². The molecular weight excluding hydrogens is 408 g/mol. The molecule has 6 nitrogen and oxygen atoms in total. The van der Waals surface area contributed by atoms with Crippen molar-refractivity contribution in [1.82, 2.24) is 0 Å². The van der Waals surface area contributed by atoms with Crippen LogP contribution < -0.4 is 5.63 Å². The molecule has 0 radical (unpaired) electrons. The lowest BCUT2D eigenvalue weighted by Gasteiger charge is -2.13. The summed E-state index contributed by atoms with van der Waals surface area (Å²) in [6, 6.07) is 10.4. The van der Waals surface area contributed by atoms with Crippen LogP contribution in [0.1, 0.15) is 23.6 Å². The van der Waals surface area contributed by atoms with Gasteiger partial charge in [0.1, 0.15) is 5.58 Å². The van der Waals surface area contributed by atoms with E-state index in [2.05, 4.69) is 0 Å². The Labute approximate surface area is 177 Å². The summed E-state index contributed by atoms with van der Waals surface area (Å²) in [5.74, 6) is -1.61. The predicted molar refractivity (Wildman–Crippen MR) is 115 cm³/mol. The molecular formula is C23H19ClO6. The van der Waals surface area contributed by atoms with Gasteiger partial charge < -0.3 is 14.3 Å². The average Bonchev–Trinajstić information content (AvgIpc) is 2.69. The Morgan fingerprint density at radius 2 is 2.00 bits per heavy atom. The predicted octanol–water partition coefficient (Wildman–Crippen LogP) is 4.63. The van der Waals surface area contributed by atoms with Crippen LogP contribution in [0.3, 0.4) is 0 Å². The van der Waals surface area contributed by atoms with E-state index in [1.807, 2.05) is 6.92 Å². The second-order valence-corrected chi connectivity index (χ2v) is 7.03. The molecule has 0 spiro atoms. The number of aryl methyl sites for hydroxylation is 1. The van der Waals surface area contributed by atoms with Crippen molar-refractivity contribution in [3.8, 4) is 11.1 Å². The minimum atomic E-state index is -1.15. The highest BCUT2D eigenvalue weighted by Gasteiger charge is 2.19. The molecule has 1 aromatic heterocycles. The molecule has 0 aliphatic heterocycles. The SMILES string of the molecule is CCOC(=O)/C=C/c1cccc(-c2c(CC(=O)O)c(=O)oc3cc(Cl)c(C)cc23)c1. The molecule has 0 saturated heterocycles. The summed E-state index contributed by atoms with van der Waals surface area (Å²) in [4.78, 5) is 35.6. The largest absolute Gasteiger partial charge is 0.481 e. The average molecular weight is 427 g/mol. The number of carbonyl (C=O) groups is 2. The van der Waals surface area contributed by atoms with E-state index in [4.69, 9.17) is 20.8 Å². The van der Waals surface area contributed by atoms with Gasteiger partial charge in [0.25, 0.3) is 0 Å². The van der Waals surface area contributed by atoms with Crippen LogP contribution in [-0.2, 0) is 20.7 Å². The summed E-state index contributed by atoms with van der Waals surface area (Å²) in [6.45, 7) is 3.80. The highest BCUT2D eigenvalue weighted by Crippen LogP contribution is 2.34. The summed E-state index contributed by atoms with van der Waals surface area (Å²) in [6.07, 6.45) is 2.41. The minimum absolute atomic E-state index is 0.0447. The molecule has 7 heteroatoms. The van der Waals surface area contributed by atoms with Crippen LogP contribution in [0.4, 0.5) is 0 Å². The summed E-state index contributed by atoms with van der Waals surface area (Å²) in [5, 5.41) is 10.3. The van der Waals surface area contributed by atoms with Gasteiger partial charge >= 0.3 is 17.6 Å². The normalized spacial score (nSPS) is 11.2. The van der Waals surface area contributed by atoms with Gasteiger partial charge in [-0.1, -0.05) is 29.8 Å². The molecule has 0 atom stereocenters. The molecule has 3 aromatic rings. The molecule has 3 rings (SSSR count). The van der Waals surface area contributed by atoms with E-state index < -0.39 is 24.0 Å². The Morgan fingerprint density at radius 1 is 1.23 bits per heavy atom. The van der Waals surface area contributed by atoms with E-state index in [1.165, 1.54) is 6.08 Å². The maximum absolute atomic E-state index is 12.6. The van der Waals surface area contributed by atoms with Gasteiger partial charge in [0.2, 0.25) is 0 Å². The number of ether oxygens (including phenoxy) is 1. The summed E-state index contributed by atoms with van der Waals surface area (Å²) in [7, 11) is 0. The van der Waals surface area contributed by atoms with E-state index >= 15 is 0 Å².